The molecule has 1 heteroatoms. The van der Waals surface area contributed by atoms with Gasteiger partial charge in [0.1, 0.15) is 0 Å². The molecule has 0 aliphatic heterocycles. The number of nitrogens with zero attached hydrogens (tertiary/aromatic N) is 1. The van der Waals surface area contributed by atoms with Gasteiger partial charge in [-0.15, -0.1) is 0 Å². The minimum absolute atomic E-state index is 0.0146. The van der Waals surface area contributed by atoms with Crippen LogP contribution in [-0.2, 0) is 17.4 Å². The van der Waals surface area contributed by atoms with Crippen molar-refractivity contribution in [2.75, 3.05) is 4.90 Å². The van der Waals surface area contributed by atoms with Gasteiger partial charge in [-0.1, -0.05) is 230 Å². The van der Waals surface area contributed by atoms with Crippen LogP contribution in [0.15, 0.2) is 212 Å². The Morgan fingerprint density at radius 3 is 1.53 bits per heavy atom. The van der Waals surface area contributed by atoms with E-state index in [1.807, 2.05) is 0 Å². The van der Waals surface area contributed by atoms with Gasteiger partial charge in [0.05, 0.1) is 0 Å². The number of hydrogen-bond acceptors (Lipinski definition) is 1. The summed E-state index contributed by atoms with van der Waals surface area (Å²) in [4.78, 5) is 2.47. The summed E-state index contributed by atoms with van der Waals surface area (Å²) in [5.41, 5.74) is 16.2. The summed E-state index contributed by atoms with van der Waals surface area (Å²) < 4.78 is 0. The summed E-state index contributed by atoms with van der Waals surface area (Å²) in [6.07, 6.45) is 0. The van der Waals surface area contributed by atoms with Gasteiger partial charge in [0.2, 0.25) is 0 Å². The number of rotatable bonds is 8. The van der Waals surface area contributed by atoms with Crippen LogP contribution in [0.5, 0.6) is 0 Å². The standard InChI is InChI=1S/C63H55N/c1-62(2,3)50-39-49(40-51(41-50)63(4,5)6)57-26-14-21-47-22-15-28-60(61(47)57)56-24-13-11-20-48(56)42-64(52-34-29-44(30-35-52)43-17-8-7-9-18-43)53-36-31-46(32-37-53)55-25-16-27-58-54-23-12-10-19-45(54)33-38-59(55)58/h7-41H,42H2,1-6H3. The third-order valence-corrected chi connectivity index (χ3v) is 13.1. The fourth-order valence-electron chi connectivity index (χ4n) is 9.46. The molecule has 312 valence electrons. The lowest BCUT2D eigenvalue weighted by Gasteiger charge is -2.28. The second-order valence-corrected chi connectivity index (χ2v) is 19.4. The Morgan fingerprint density at radius 2 is 0.844 bits per heavy atom. The number of benzene rings is 10. The summed E-state index contributed by atoms with van der Waals surface area (Å²) in [6, 6.07) is 78.7. The van der Waals surface area contributed by atoms with Crippen molar-refractivity contribution in [3.8, 4) is 44.5 Å². The zero-order chi connectivity index (χ0) is 44.0. The highest BCUT2D eigenvalue weighted by atomic mass is 15.1. The highest BCUT2D eigenvalue weighted by Gasteiger charge is 2.23. The van der Waals surface area contributed by atoms with Crippen LogP contribution in [0.25, 0.3) is 76.8 Å². The van der Waals surface area contributed by atoms with Crippen LogP contribution in [-0.4, -0.2) is 0 Å². The lowest BCUT2D eigenvalue weighted by Crippen LogP contribution is -2.17. The lowest BCUT2D eigenvalue weighted by atomic mass is 9.78. The number of fused-ring (bicyclic) bond motifs is 4. The summed E-state index contributed by atoms with van der Waals surface area (Å²) in [7, 11) is 0. The molecule has 10 aromatic rings. The Morgan fingerprint density at radius 1 is 0.328 bits per heavy atom. The lowest BCUT2D eigenvalue weighted by molar-refractivity contribution is 0.569. The molecule has 0 unspecified atom stereocenters. The van der Waals surface area contributed by atoms with E-state index in [1.165, 1.54) is 93.5 Å². The van der Waals surface area contributed by atoms with E-state index >= 15 is 0 Å². The predicted octanol–water partition coefficient (Wildman–Crippen LogP) is 17.7. The average Bonchev–Trinajstić information content (AvgIpc) is 3.32. The Bertz CT molecular complexity index is 3250. The second kappa shape index (κ2) is 16.5. The molecule has 0 aliphatic rings. The van der Waals surface area contributed by atoms with E-state index in [0.717, 1.165) is 11.4 Å². The van der Waals surface area contributed by atoms with Crippen molar-refractivity contribution in [1.29, 1.82) is 0 Å². The monoisotopic (exact) mass is 825 g/mol. The average molecular weight is 826 g/mol. The zero-order valence-corrected chi connectivity index (χ0v) is 37.9. The van der Waals surface area contributed by atoms with Gasteiger partial charge in [0.15, 0.2) is 0 Å². The first kappa shape index (κ1) is 40.8. The van der Waals surface area contributed by atoms with E-state index in [9.17, 15) is 0 Å². The first-order chi connectivity index (χ1) is 31.0. The smallest absolute Gasteiger partial charge is 0.0487 e. The van der Waals surface area contributed by atoms with Crippen molar-refractivity contribution in [2.45, 2.75) is 58.9 Å². The molecular formula is C63H55N. The van der Waals surface area contributed by atoms with Gasteiger partial charge in [0.25, 0.3) is 0 Å². The van der Waals surface area contributed by atoms with Gasteiger partial charge in [-0.3, -0.25) is 0 Å². The molecule has 0 saturated heterocycles. The highest BCUT2D eigenvalue weighted by Crippen LogP contribution is 2.42. The van der Waals surface area contributed by atoms with Gasteiger partial charge in [0, 0.05) is 17.9 Å². The van der Waals surface area contributed by atoms with Crippen LogP contribution in [0.4, 0.5) is 11.4 Å². The van der Waals surface area contributed by atoms with E-state index in [0.29, 0.717) is 6.54 Å². The molecule has 0 fully saturated rings. The van der Waals surface area contributed by atoms with E-state index < -0.39 is 0 Å². The first-order valence-electron chi connectivity index (χ1n) is 22.7. The predicted molar refractivity (Wildman–Crippen MR) is 277 cm³/mol. The van der Waals surface area contributed by atoms with Crippen molar-refractivity contribution >= 4 is 43.7 Å². The van der Waals surface area contributed by atoms with E-state index in [1.54, 1.807) is 0 Å². The first-order valence-corrected chi connectivity index (χ1v) is 22.7. The maximum absolute atomic E-state index is 2.47. The molecule has 64 heavy (non-hydrogen) atoms. The molecule has 0 bridgehead atoms. The van der Waals surface area contributed by atoms with Gasteiger partial charge in [-0.2, -0.15) is 0 Å². The molecule has 0 amide bonds. The molecule has 0 aromatic heterocycles. The van der Waals surface area contributed by atoms with Crippen LogP contribution < -0.4 is 4.90 Å². The Labute approximate surface area is 379 Å². The van der Waals surface area contributed by atoms with Crippen LogP contribution in [0.3, 0.4) is 0 Å². The van der Waals surface area contributed by atoms with Crippen molar-refractivity contribution in [1.82, 2.24) is 0 Å². The molecule has 10 aromatic carbocycles. The van der Waals surface area contributed by atoms with Gasteiger partial charge >= 0.3 is 0 Å². The molecule has 0 radical (unpaired) electrons. The molecule has 0 spiro atoms. The van der Waals surface area contributed by atoms with Crippen LogP contribution in [0, 0.1) is 0 Å². The summed E-state index contributed by atoms with van der Waals surface area (Å²) in [5, 5.41) is 7.63. The van der Waals surface area contributed by atoms with E-state index in [4.69, 9.17) is 0 Å². The van der Waals surface area contributed by atoms with Crippen molar-refractivity contribution in [2.24, 2.45) is 0 Å². The van der Waals surface area contributed by atoms with Gasteiger partial charge in [-0.05, 0) is 129 Å². The fraction of sp³-hybridized carbons (Fsp3) is 0.143. The van der Waals surface area contributed by atoms with Crippen molar-refractivity contribution in [3.05, 3.63) is 229 Å². The van der Waals surface area contributed by atoms with E-state index in [2.05, 4.69) is 259 Å². The number of hydrogen-bond donors (Lipinski definition) is 0. The topological polar surface area (TPSA) is 3.24 Å². The Kier molecular flexibility index (Phi) is 10.5. The van der Waals surface area contributed by atoms with Crippen LogP contribution in [0.1, 0.15) is 58.2 Å². The normalized spacial score (nSPS) is 12.0. The van der Waals surface area contributed by atoms with Crippen LogP contribution >= 0.6 is 0 Å². The molecule has 1 nitrogen and oxygen atoms in total. The summed E-state index contributed by atoms with van der Waals surface area (Å²) in [5.74, 6) is 0. The zero-order valence-electron chi connectivity index (χ0n) is 37.9. The number of anilines is 2. The van der Waals surface area contributed by atoms with Gasteiger partial charge < -0.3 is 4.90 Å². The Balaban J connectivity index is 1.09. The third-order valence-electron chi connectivity index (χ3n) is 13.1. The summed E-state index contributed by atoms with van der Waals surface area (Å²) >= 11 is 0. The fourth-order valence-corrected chi connectivity index (χ4v) is 9.46. The van der Waals surface area contributed by atoms with E-state index in [-0.39, 0.29) is 10.8 Å². The summed E-state index contributed by atoms with van der Waals surface area (Å²) in [6.45, 7) is 14.6. The molecule has 0 atom stereocenters. The largest absolute Gasteiger partial charge is 0.337 e. The molecule has 10 rings (SSSR count). The Hall–Kier alpha value is -7.22. The molecule has 0 saturated carbocycles. The molecular weight excluding hydrogens is 771 g/mol. The maximum Gasteiger partial charge on any atom is 0.0487 e. The molecule has 0 heterocycles. The SMILES string of the molecule is CC(C)(C)c1cc(-c2cccc3cccc(-c4ccccc4CN(c4ccc(-c5ccccc5)cc4)c4ccc(-c5cccc6c5ccc5ccccc56)cc4)c23)cc(C(C)(C)C)c1. The van der Waals surface area contributed by atoms with Crippen LogP contribution in [0.2, 0.25) is 0 Å². The maximum atomic E-state index is 2.47. The highest BCUT2D eigenvalue weighted by molar-refractivity contribution is 6.12. The van der Waals surface area contributed by atoms with Crippen molar-refractivity contribution in [3.63, 3.8) is 0 Å². The van der Waals surface area contributed by atoms with Gasteiger partial charge in [-0.25, -0.2) is 0 Å². The van der Waals surface area contributed by atoms with Crippen molar-refractivity contribution < 1.29 is 0 Å². The minimum atomic E-state index is 0.0146. The molecule has 0 aliphatic carbocycles. The second-order valence-electron chi connectivity index (χ2n) is 19.4. The quantitative estimate of drug-likeness (QED) is 0.138. The minimum Gasteiger partial charge on any atom is -0.337 e. The molecule has 0 N–H and O–H groups in total. The third kappa shape index (κ3) is 7.88.